The summed E-state index contributed by atoms with van der Waals surface area (Å²) in [7, 11) is 0. The average Bonchev–Trinajstić information content (AvgIpc) is 2.72. The van der Waals surface area contributed by atoms with Crippen LogP contribution in [0.3, 0.4) is 0 Å². The lowest BCUT2D eigenvalue weighted by Crippen LogP contribution is -2.52. The Morgan fingerprint density at radius 3 is 2.68 bits per heavy atom. The zero-order valence-corrected chi connectivity index (χ0v) is 10.2. The molecule has 2 atom stereocenters. The number of terminal acetylenes is 1. The molecule has 4 heteroatoms. The van der Waals surface area contributed by atoms with E-state index in [0.29, 0.717) is 5.75 Å². The van der Waals surface area contributed by atoms with Crippen molar-refractivity contribution in [1.82, 2.24) is 4.98 Å². The lowest BCUT2D eigenvalue weighted by Gasteiger charge is -2.28. The predicted octanol–water partition coefficient (Wildman–Crippen LogP) is 0.942. The molecule has 0 bridgehead atoms. The smallest absolute Gasteiger partial charge is 0.174 e. The van der Waals surface area contributed by atoms with Gasteiger partial charge in [0.05, 0.1) is 6.20 Å². The van der Waals surface area contributed by atoms with Crippen LogP contribution in [-0.2, 0) is 5.54 Å². The molecule has 1 aliphatic heterocycles. The van der Waals surface area contributed by atoms with Gasteiger partial charge >= 0.3 is 0 Å². The number of hydrogen-bond donors (Lipinski definition) is 2. The highest BCUT2D eigenvalue weighted by Crippen LogP contribution is 2.41. The Balaban J connectivity index is 2.14. The molecule has 2 heterocycles. The van der Waals surface area contributed by atoms with Gasteiger partial charge in [-0.05, 0) is 23.8 Å². The fourth-order valence-electron chi connectivity index (χ4n) is 2.36. The van der Waals surface area contributed by atoms with Gasteiger partial charge in [-0.1, -0.05) is 18.1 Å². The van der Waals surface area contributed by atoms with E-state index in [-0.39, 0.29) is 0 Å². The summed E-state index contributed by atoms with van der Waals surface area (Å²) in [4.78, 5) is 4.01. The number of benzene rings is 1. The third kappa shape index (κ3) is 1.60. The molecule has 0 saturated carbocycles. The van der Waals surface area contributed by atoms with E-state index < -0.39 is 11.8 Å². The van der Waals surface area contributed by atoms with Crippen molar-refractivity contribution < 1.29 is 4.74 Å². The Bertz CT molecular complexity index is 660. The number of nitrogens with two attached hydrogens (primary N) is 2. The molecule has 0 spiro atoms. The molecule has 0 fully saturated rings. The SMILES string of the molecule is C#Cc1ccc(C2(N)c3ccncc3OC2N)cc1. The molecule has 3 rings (SSSR count). The Morgan fingerprint density at radius 2 is 2.00 bits per heavy atom. The van der Waals surface area contributed by atoms with Crippen LogP contribution >= 0.6 is 0 Å². The van der Waals surface area contributed by atoms with Crippen LogP contribution < -0.4 is 16.2 Å². The zero-order chi connectivity index (χ0) is 13.5. The topological polar surface area (TPSA) is 74.2 Å². The van der Waals surface area contributed by atoms with E-state index in [1.807, 2.05) is 30.3 Å². The fraction of sp³-hybridized carbons (Fsp3) is 0.133. The number of hydrogen-bond acceptors (Lipinski definition) is 4. The summed E-state index contributed by atoms with van der Waals surface area (Å²) in [5.74, 6) is 3.20. The van der Waals surface area contributed by atoms with Crippen molar-refractivity contribution in [3.05, 3.63) is 59.4 Å². The van der Waals surface area contributed by atoms with Gasteiger partial charge in [0.1, 0.15) is 11.3 Å². The Labute approximate surface area is 111 Å². The second-order valence-electron chi connectivity index (χ2n) is 4.50. The molecule has 1 aliphatic rings. The van der Waals surface area contributed by atoms with E-state index in [1.54, 1.807) is 12.4 Å². The molecule has 1 aromatic carbocycles. The second kappa shape index (κ2) is 4.09. The van der Waals surface area contributed by atoms with Gasteiger partial charge in [-0.2, -0.15) is 0 Å². The van der Waals surface area contributed by atoms with Crippen molar-refractivity contribution >= 4 is 0 Å². The summed E-state index contributed by atoms with van der Waals surface area (Å²) >= 11 is 0. The van der Waals surface area contributed by atoms with Gasteiger partial charge < -0.3 is 10.5 Å². The summed E-state index contributed by atoms with van der Waals surface area (Å²) in [6.45, 7) is 0. The van der Waals surface area contributed by atoms with Gasteiger partial charge in [0.2, 0.25) is 0 Å². The van der Waals surface area contributed by atoms with Gasteiger partial charge in [0.15, 0.2) is 6.23 Å². The van der Waals surface area contributed by atoms with E-state index in [0.717, 1.165) is 16.7 Å². The molecule has 4 N–H and O–H groups in total. The van der Waals surface area contributed by atoms with Crippen LogP contribution in [0.1, 0.15) is 16.7 Å². The van der Waals surface area contributed by atoms with Crippen LogP contribution in [0, 0.1) is 12.3 Å². The van der Waals surface area contributed by atoms with Crippen molar-refractivity contribution in [2.45, 2.75) is 11.8 Å². The molecule has 2 aromatic rings. The molecule has 0 amide bonds. The summed E-state index contributed by atoms with van der Waals surface area (Å²) in [5, 5.41) is 0. The van der Waals surface area contributed by atoms with Crippen LogP contribution in [0.25, 0.3) is 0 Å². The molecule has 2 unspecified atom stereocenters. The van der Waals surface area contributed by atoms with Gasteiger partial charge in [-0.25, -0.2) is 0 Å². The third-order valence-electron chi connectivity index (χ3n) is 3.46. The highest BCUT2D eigenvalue weighted by molar-refractivity contribution is 5.50. The fourth-order valence-corrected chi connectivity index (χ4v) is 2.36. The number of fused-ring (bicyclic) bond motifs is 1. The average molecular weight is 251 g/mol. The summed E-state index contributed by atoms with van der Waals surface area (Å²) in [6, 6.07) is 9.28. The van der Waals surface area contributed by atoms with Crippen molar-refractivity contribution in [2.24, 2.45) is 11.5 Å². The lowest BCUT2D eigenvalue weighted by atomic mass is 9.84. The number of nitrogens with zero attached hydrogens (tertiary/aromatic N) is 1. The predicted molar refractivity (Wildman–Crippen MR) is 72.2 cm³/mol. The normalized spacial score (nSPS) is 24.4. The Kier molecular flexibility index (Phi) is 2.53. The molecular formula is C15H13N3O. The van der Waals surface area contributed by atoms with E-state index in [9.17, 15) is 0 Å². The molecule has 0 saturated heterocycles. The summed E-state index contributed by atoms with van der Waals surface area (Å²) < 4.78 is 5.58. The Hall–Kier alpha value is -2.35. The largest absolute Gasteiger partial charge is 0.471 e. The minimum absolute atomic E-state index is 0.624. The molecule has 94 valence electrons. The summed E-state index contributed by atoms with van der Waals surface area (Å²) in [6.07, 6.45) is 8.00. The number of ether oxygens (including phenoxy) is 1. The third-order valence-corrected chi connectivity index (χ3v) is 3.46. The molecule has 19 heavy (non-hydrogen) atoms. The van der Waals surface area contributed by atoms with Crippen molar-refractivity contribution in [1.29, 1.82) is 0 Å². The quantitative estimate of drug-likeness (QED) is 0.740. The first kappa shape index (κ1) is 11.7. The second-order valence-corrected chi connectivity index (χ2v) is 4.50. The van der Waals surface area contributed by atoms with E-state index in [4.69, 9.17) is 22.6 Å². The first-order valence-corrected chi connectivity index (χ1v) is 5.89. The number of pyridine rings is 1. The number of rotatable bonds is 1. The molecular weight excluding hydrogens is 238 g/mol. The van der Waals surface area contributed by atoms with Gasteiger partial charge in [-0.15, -0.1) is 6.42 Å². The van der Waals surface area contributed by atoms with Crippen LogP contribution in [-0.4, -0.2) is 11.2 Å². The van der Waals surface area contributed by atoms with Crippen molar-refractivity contribution in [2.75, 3.05) is 0 Å². The monoisotopic (exact) mass is 251 g/mol. The number of aromatic nitrogens is 1. The van der Waals surface area contributed by atoms with Crippen LogP contribution in [0.5, 0.6) is 5.75 Å². The highest BCUT2D eigenvalue weighted by Gasteiger charge is 2.45. The van der Waals surface area contributed by atoms with Gasteiger partial charge in [0.25, 0.3) is 0 Å². The first-order valence-electron chi connectivity index (χ1n) is 5.89. The molecule has 0 radical (unpaired) electrons. The Morgan fingerprint density at radius 1 is 1.26 bits per heavy atom. The molecule has 0 aliphatic carbocycles. The summed E-state index contributed by atoms with van der Waals surface area (Å²) in [5.41, 5.74) is 14.2. The maximum Gasteiger partial charge on any atom is 0.174 e. The minimum atomic E-state index is -0.884. The van der Waals surface area contributed by atoms with E-state index in [2.05, 4.69) is 10.9 Å². The van der Waals surface area contributed by atoms with Crippen LogP contribution in [0.4, 0.5) is 0 Å². The minimum Gasteiger partial charge on any atom is -0.471 e. The van der Waals surface area contributed by atoms with E-state index >= 15 is 0 Å². The maximum absolute atomic E-state index is 6.50. The van der Waals surface area contributed by atoms with Gasteiger partial charge in [0, 0.05) is 17.3 Å². The van der Waals surface area contributed by atoms with Crippen molar-refractivity contribution in [3.63, 3.8) is 0 Å². The van der Waals surface area contributed by atoms with Crippen LogP contribution in [0.2, 0.25) is 0 Å². The van der Waals surface area contributed by atoms with E-state index in [1.165, 1.54) is 0 Å². The van der Waals surface area contributed by atoms with Crippen molar-refractivity contribution in [3.8, 4) is 18.1 Å². The molecule has 1 aromatic heterocycles. The highest BCUT2D eigenvalue weighted by atomic mass is 16.5. The lowest BCUT2D eigenvalue weighted by molar-refractivity contribution is 0.177. The zero-order valence-electron chi connectivity index (χ0n) is 10.2. The maximum atomic E-state index is 6.50. The molecule has 4 nitrogen and oxygen atoms in total. The first-order chi connectivity index (χ1) is 9.16. The standard InChI is InChI=1S/C15H13N3O/c1-2-10-3-5-11(6-4-10)15(17)12-7-8-18-9-13(12)19-14(15)16/h1,3-9,14H,16-17H2. The van der Waals surface area contributed by atoms with Gasteiger partial charge in [-0.3, -0.25) is 10.7 Å². The van der Waals surface area contributed by atoms with Crippen LogP contribution in [0.15, 0.2) is 42.7 Å².